The highest BCUT2D eigenvalue weighted by molar-refractivity contribution is 9.09. The van der Waals surface area contributed by atoms with E-state index in [1.807, 2.05) is 6.92 Å². The minimum atomic E-state index is -0.322. The third-order valence-corrected chi connectivity index (χ3v) is 2.31. The van der Waals surface area contributed by atoms with Gasteiger partial charge in [-0.05, 0) is 12.8 Å². The molecule has 0 radical (unpaired) electrons. The zero-order valence-corrected chi connectivity index (χ0v) is 7.13. The maximum atomic E-state index is 9.10. The summed E-state index contributed by atoms with van der Waals surface area (Å²) in [6.45, 7) is 2.04. The van der Waals surface area contributed by atoms with E-state index in [2.05, 4.69) is 15.9 Å². The average molecular weight is 197 g/mol. The molecule has 0 saturated heterocycles. The first kappa shape index (κ1) is 9.40. The molecule has 0 aliphatic carbocycles. The predicted octanol–water partition coefficient (Wildman–Crippen LogP) is 0.903. The van der Waals surface area contributed by atoms with Crippen LogP contribution in [0.25, 0.3) is 0 Å². The Morgan fingerprint density at radius 1 is 1.56 bits per heavy atom. The van der Waals surface area contributed by atoms with Gasteiger partial charge in [-0.1, -0.05) is 22.9 Å². The van der Waals surface area contributed by atoms with Gasteiger partial charge >= 0.3 is 0 Å². The molecule has 0 heterocycles. The Hall–Kier alpha value is 0.400. The van der Waals surface area contributed by atoms with Crippen LogP contribution in [0.1, 0.15) is 19.8 Å². The largest absolute Gasteiger partial charge is 0.396 e. The number of rotatable bonds is 4. The maximum absolute atomic E-state index is 9.10. The molecule has 0 amide bonds. The summed E-state index contributed by atoms with van der Waals surface area (Å²) in [4.78, 5) is 0.0486. The molecule has 3 heteroatoms. The van der Waals surface area contributed by atoms with Gasteiger partial charge in [0.2, 0.25) is 0 Å². The summed E-state index contributed by atoms with van der Waals surface area (Å²) in [6, 6.07) is 0. The number of halogens is 1. The van der Waals surface area contributed by atoms with Gasteiger partial charge in [-0.3, -0.25) is 0 Å². The van der Waals surface area contributed by atoms with E-state index in [1.54, 1.807) is 0 Å². The molecular formula is C6H13BrO2. The van der Waals surface area contributed by atoms with Gasteiger partial charge < -0.3 is 10.2 Å². The Morgan fingerprint density at radius 3 is 2.44 bits per heavy atom. The van der Waals surface area contributed by atoms with E-state index in [0.717, 1.165) is 6.42 Å². The van der Waals surface area contributed by atoms with E-state index in [-0.39, 0.29) is 17.5 Å². The molecule has 2 atom stereocenters. The maximum Gasteiger partial charge on any atom is 0.0663 e. The second-order valence-electron chi connectivity index (χ2n) is 2.00. The summed E-state index contributed by atoms with van der Waals surface area (Å²) in [6.07, 6.45) is 1.03. The van der Waals surface area contributed by atoms with Crippen LogP contribution in [-0.4, -0.2) is 27.8 Å². The second-order valence-corrected chi connectivity index (χ2v) is 3.18. The van der Waals surface area contributed by atoms with Crippen molar-refractivity contribution in [3.05, 3.63) is 0 Å². The van der Waals surface area contributed by atoms with Crippen LogP contribution < -0.4 is 0 Å². The standard InChI is InChI=1S/C6H13BrO2/c1-2-6(9)5(7)3-4-8/h5-6,8-9H,2-4H2,1H3/t5-,6+/m1/s1. The summed E-state index contributed by atoms with van der Waals surface area (Å²) < 4.78 is 0. The number of hydrogen-bond donors (Lipinski definition) is 2. The van der Waals surface area contributed by atoms with Gasteiger partial charge in [0.05, 0.1) is 6.10 Å². The van der Waals surface area contributed by atoms with Crippen LogP contribution in [0.4, 0.5) is 0 Å². The van der Waals surface area contributed by atoms with Crippen molar-refractivity contribution in [2.24, 2.45) is 0 Å². The molecule has 0 saturated carbocycles. The third-order valence-electron chi connectivity index (χ3n) is 1.24. The van der Waals surface area contributed by atoms with Crippen LogP contribution in [0.3, 0.4) is 0 Å². The summed E-state index contributed by atoms with van der Waals surface area (Å²) in [7, 11) is 0. The molecule has 0 spiro atoms. The zero-order valence-electron chi connectivity index (χ0n) is 5.55. The fraction of sp³-hybridized carbons (Fsp3) is 1.00. The minimum absolute atomic E-state index is 0.0486. The third kappa shape index (κ3) is 3.89. The fourth-order valence-corrected chi connectivity index (χ4v) is 1.15. The fourth-order valence-electron chi connectivity index (χ4n) is 0.571. The predicted molar refractivity (Wildman–Crippen MR) is 40.7 cm³/mol. The van der Waals surface area contributed by atoms with Crippen molar-refractivity contribution in [1.29, 1.82) is 0 Å². The van der Waals surface area contributed by atoms with Crippen LogP contribution in [0.5, 0.6) is 0 Å². The van der Waals surface area contributed by atoms with E-state index >= 15 is 0 Å². The van der Waals surface area contributed by atoms with Crippen molar-refractivity contribution >= 4 is 15.9 Å². The molecular weight excluding hydrogens is 184 g/mol. The molecule has 0 aromatic rings. The molecule has 0 aliphatic heterocycles. The molecule has 0 fully saturated rings. The highest BCUT2D eigenvalue weighted by Crippen LogP contribution is 2.11. The van der Waals surface area contributed by atoms with Gasteiger partial charge in [0, 0.05) is 11.4 Å². The number of aliphatic hydroxyl groups excluding tert-OH is 2. The molecule has 0 unspecified atom stereocenters. The SMILES string of the molecule is CC[C@H](O)[C@H](Br)CCO. The Labute approximate surface area is 64.0 Å². The van der Waals surface area contributed by atoms with Crippen molar-refractivity contribution < 1.29 is 10.2 Å². The lowest BCUT2D eigenvalue weighted by atomic mass is 10.1. The van der Waals surface area contributed by atoms with Gasteiger partial charge in [0.1, 0.15) is 0 Å². The number of alkyl halides is 1. The Morgan fingerprint density at radius 2 is 2.11 bits per heavy atom. The Kier molecular flexibility index (Phi) is 5.44. The van der Waals surface area contributed by atoms with E-state index in [9.17, 15) is 0 Å². The molecule has 9 heavy (non-hydrogen) atoms. The number of hydrogen-bond acceptors (Lipinski definition) is 2. The minimum Gasteiger partial charge on any atom is -0.396 e. The normalized spacial score (nSPS) is 17.3. The van der Waals surface area contributed by atoms with Crippen LogP contribution >= 0.6 is 15.9 Å². The Bertz CT molecular complexity index is 68.1. The van der Waals surface area contributed by atoms with Gasteiger partial charge in [0.25, 0.3) is 0 Å². The van der Waals surface area contributed by atoms with Crippen LogP contribution in [0.15, 0.2) is 0 Å². The summed E-state index contributed by atoms with van der Waals surface area (Å²) >= 11 is 3.25. The average Bonchev–Trinajstić information content (AvgIpc) is 1.87. The van der Waals surface area contributed by atoms with Crippen LogP contribution in [0.2, 0.25) is 0 Å². The number of aliphatic hydroxyl groups is 2. The van der Waals surface area contributed by atoms with Crippen molar-refractivity contribution in [2.75, 3.05) is 6.61 Å². The molecule has 0 aromatic heterocycles. The van der Waals surface area contributed by atoms with Gasteiger partial charge in [0.15, 0.2) is 0 Å². The van der Waals surface area contributed by atoms with E-state index in [1.165, 1.54) is 0 Å². The van der Waals surface area contributed by atoms with E-state index < -0.39 is 0 Å². The molecule has 56 valence electrons. The second kappa shape index (κ2) is 5.21. The molecule has 0 bridgehead atoms. The summed E-state index contributed by atoms with van der Waals surface area (Å²) in [5.41, 5.74) is 0. The quantitative estimate of drug-likeness (QED) is 0.657. The first-order valence-corrected chi connectivity index (χ1v) is 4.07. The summed E-state index contributed by atoms with van der Waals surface area (Å²) in [5.74, 6) is 0. The molecule has 0 rings (SSSR count). The van der Waals surface area contributed by atoms with E-state index in [4.69, 9.17) is 10.2 Å². The molecule has 2 N–H and O–H groups in total. The lowest BCUT2D eigenvalue weighted by Gasteiger charge is -2.12. The molecule has 2 nitrogen and oxygen atoms in total. The topological polar surface area (TPSA) is 40.5 Å². The highest BCUT2D eigenvalue weighted by Gasteiger charge is 2.11. The first-order valence-electron chi connectivity index (χ1n) is 3.15. The van der Waals surface area contributed by atoms with Crippen molar-refractivity contribution in [1.82, 2.24) is 0 Å². The lowest BCUT2D eigenvalue weighted by Crippen LogP contribution is -2.20. The van der Waals surface area contributed by atoms with Crippen molar-refractivity contribution in [3.63, 3.8) is 0 Å². The highest BCUT2D eigenvalue weighted by atomic mass is 79.9. The zero-order chi connectivity index (χ0) is 7.28. The van der Waals surface area contributed by atoms with Crippen LogP contribution in [0, 0.1) is 0 Å². The van der Waals surface area contributed by atoms with Crippen molar-refractivity contribution in [3.8, 4) is 0 Å². The summed E-state index contributed by atoms with van der Waals surface area (Å²) in [5, 5.41) is 17.5. The van der Waals surface area contributed by atoms with Gasteiger partial charge in [-0.2, -0.15) is 0 Å². The smallest absolute Gasteiger partial charge is 0.0663 e. The molecule has 0 aromatic carbocycles. The van der Waals surface area contributed by atoms with Crippen molar-refractivity contribution in [2.45, 2.75) is 30.7 Å². The van der Waals surface area contributed by atoms with E-state index in [0.29, 0.717) is 6.42 Å². The lowest BCUT2D eigenvalue weighted by molar-refractivity contribution is 0.154. The van der Waals surface area contributed by atoms with Gasteiger partial charge in [-0.15, -0.1) is 0 Å². The molecule has 0 aliphatic rings. The van der Waals surface area contributed by atoms with Gasteiger partial charge in [-0.25, -0.2) is 0 Å². The van der Waals surface area contributed by atoms with Crippen LogP contribution in [-0.2, 0) is 0 Å². The monoisotopic (exact) mass is 196 g/mol. The Balaban J connectivity index is 3.32. The first-order chi connectivity index (χ1) is 4.22.